The molecule has 116 valence electrons. The lowest BCUT2D eigenvalue weighted by Gasteiger charge is -2.18. The largest absolute Gasteiger partial charge is 0.458 e. The van der Waals surface area contributed by atoms with E-state index < -0.39 is 18.1 Å². The summed E-state index contributed by atoms with van der Waals surface area (Å²) in [7, 11) is 1.24. The van der Waals surface area contributed by atoms with Crippen molar-refractivity contribution in [1.29, 1.82) is 0 Å². The van der Waals surface area contributed by atoms with Gasteiger partial charge >= 0.3 is 12.1 Å². The number of hydrogen-bond acceptors (Lipinski definition) is 5. The van der Waals surface area contributed by atoms with Gasteiger partial charge in [0, 0.05) is 11.2 Å². The van der Waals surface area contributed by atoms with E-state index in [1.165, 1.54) is 13.3 Å². The Morgan fingerprint density at radius 1 is 1.43 bits per heavy atom. The van der Waals surface area contributed by atoms with Crippen LogP contribution in [-0.2, 0) is 20.9 Å². The molecule has 1 amide bonds. The summed E-state index contributed by atoms with van der Waals surface area (Å²) in [6, 6.07) is 2.49. The van der Waals surface area contributed by atoms with E-state index in [1.807, 2.05) is 13.8 Å². The zero-order valence-corrected chi connectivity index (χ0v) is 13.0. The van der Waals surface area contributed by atoms with Gasteiger partial charge in [-0.2, -0.15) is 0 Å². The van der Waals surface area contributed by atoms with E-state index in [2.05, 4.69) is 15.0 Å². The molecule has 0 bridgehead atoms. The first-order valence-corrected chi connectivity index (χ1v) is 6.91. The van der Waals surface area contributed by atoms with Crippen LogP contribution in [0.25, 0.3) is 0 Å². The topological polar surface area (TPSA) is 77.5 Å². The van der Waals surface area contributed by atoms with Crippen molar-refractivity contribution >= 4 is 23.7 Å². The van der Waals surface area contributed by atoms with Crippen LogP contribution in [-0.4, -0.2) is 30.2 Å². The number of pyridine rings is 1. The van der Waals surface area contributed by atoms with Gasteiger partial charge in [0.05, 0.1) is 12.8 Å². The third-order valence-electron chi connectivity index (χ3n) is 2.61. The zero-order valence-electron chi connectivity index (χ0n) is 12.3. The van der Waals surface area contributed by atoms with Crippen LogP contribution in [0, 0.1) is 5.92 Å². The third-order valence-corrected chi connectivity index (χ3v) is 2.85. The molecule has 0 radical (unpaired) electrons. The quantitative estimate of drug-likeness (QED) is 0.816. The third kappa shape index (κ3) is 6.44. The lowest BCUT2D eigenvalue weighted by Crippen LogP contribution is -2.42. The van der Waals surface area contributed by atoms with Crippen molar-refractivity contribution in [2.75, 3.05) is 7.11 Å². The van der Waals surface area contributed by atoms with Gasteiger partial charge in [0.2, 0.25) is 0 Å². The van der Waals surface area contributed by atoms with Crippen LogP contribution >= 0.6 is 11.6 Å². The summed E-state index contributed by atoms with van der Waals surface area (Å²) in [4.78, 5) is 27.3. The summed E-state index contributed by atoms with van der Waals surface area (Å²) in [6.07, 6.45) is 1.32. The first kappa shape index (κ1) is 17.2. The summed E-state index contributed by atoms with van der Waals surface area (Å²) in [6.45, 7) is 3.88. The fourth-order valence-corrected chi connectivity index (χ4v) is 1.84. The highest BCUT2D eigenvalue weighted by atomic mass is 35.5. The highest BCUT2D eigenvalue weighted by Gasteiger charge is 2.23. The van der Waals surface area contributed by atoms with E-state index in [4.69, 9.17) is 16.3 Å². The molecule has 1 rings (SSSR count). The number of ether oxygens (including phenoxy) is 2. The van der Waals surface area contributed by atoms with Crippen molar-refractivity contribution < 1.29 is 19.1 Å². The molecular weight excluding hydrogens is 296 g/mol. The number of alkyl carbamates (subject to hydrolysis) is 1. The minimum atomic E-state index is -0.753. The second kappa shape index (κ2) is 8.46. The van der Waals surface area contributed by atoms with Gasteiger partial charge < -0.3 is 14.8 Å². The fourth-order valence-electron chi connectivity index (χ4n) is 1.66. The molecule has 0 aromatic carbocycles. The molecular formula is C14H19ClN2O4. The standard InChI is InChI=1S/C14H19ClN2O4/c1-9(2)6-12(17-14(19)20-3)13(18)21-8-11-7-10(15)4-5-16-11/h4-5,7,9,12H,6,8H2,1-3H3,(H,17,19)/t12-/m1/s1. The van der Waals surface area contributed by atoms with Crippen molar-refractivity contribution in [3.63, 3.8) is 0 Å². The Kier molecular flexibility index (Phi) is 6.94. The van der Waals surface area contributed by atoms with Gasteiger partial charge in [-0.3, -0.25) is 4.98 Å². The molecule has 6 nitrogen and oxygen atoms in total. The maximum Gasteiger partial charge on any atom is 0.407 e. The Morgan fingerprint density at radius 2 is 2.14 bits per heavy atom. The molecule has 1 atom stereocenters. The molecule has 0 saturated heterocycles. The van der Waals surface area contributed by atoms with Gasteiger partial charge in [0.25, 0.3) is 0 Å². The van der Waals surface area contributed by atoms with Gasteiger partial charge in [0.15, 0.2) is 0 Å². The smallest absolute Gasteiger partial charge is 0.407 e. The van der Waals surface area contributed by atoms with Crippen LogP contribution in [0.1, 0.15) is 26.0 Å². The first-order chi connectivity index (χ1) is 9.92. The number of halogens is 1. The van der Waals surface area contributed by atoms with E-state index in [0.29, 0.717) is 17.1 Å². The number of rotatable bonds is 6. The monoisotopic (exact) mass is 314 g/mol. The first-order valence-electron chi connectivity index (χ1n) is 6.54. The van der Waals surface area contributed by atoms with Crippen LogP contribution < -0.4 is 5.32 Å². The number of methoxy groups -OCH3 is 1. The molecule has 1 aromatic rings. The van der Waals surface area contributed by atoms with Crippen LogP contribution in [0.4, 0.5) is 4.79 Å². The summed E-state index contributed by atoms with van der Waals surface area (Å²) >= 11 is 5.83. The molecule has 21 heavy (non-hydrogen) atoms. The van der Waals surface area contributed by atoms with Gasteiger partial charge in [-0.1, -0.05) is 25.4 Å². The number of hydrogen-bond donors (Lipinski definition) is 1. The van der Waals surface area contributed by atoms with Crippen LogP contribution in [0.15, 0.2) is 18.3 Å². The molecule has 0 aliphatic rings. The average molecular weight is 315 g/mol. The summed E-state index contributed by atoms with van der Waals surface area (Å²) in [5, 5.41) is 2.98. The molecule has 1 aromatic heterocycles. The highest BCUT2D eigenvalue weighted by molar-refractivity contribution is 6.30. The maximum absolute atomic E-state index is 12.0. The van der Waals surface area contributed by atoms with Crippen LogP contribution in [0.5, 0.6) is 0 Å². The Morgan fingerprint density at radius 3 is 2.71 bits per heavy atom. The molecule has 0 aliphatic heterocycles. The van der Waals surface area contributed by atoms with Gasteiger partial charge in [0.1, 0.15) is 12.6 Å². The Bertz CT molecular complexity index is 494. The predicted molar refractivity (Wildman–Crippen MR) is 77.8 cm³/mol. The maximum atomic E-state index is 12.0. The normalized spacial score (nSPS) is 11.9. The van der Waals surface area contributed by atoms with Gasteiger partial charge in [-0.25, -0.2) is 9.59 Å². The lowest BCUT2D eigenvalue weighted by molar-refractivity contribution is -0.147. The Hall–Kier alpha value is -1.82. The van der Waals surface area contributed by atoms with Crippen molar-refractivity contribution in [1.82, 2.24) is 10.3 Å². The lowest BCUT2D eigenvalue weighted by atomic mass is 10.0. The van der Waals surface area contributed by atoms with Crippen molar-refractivity contribution in [3.05, 3.63) is 29.0 Å². The van der Waals surface area contributed by atoms with Gasteiger partial charge in [-0.15, -0.1) is 0 Å². The van der Waals surface area contributed by atoms with E-state index in [9.17, 15) is 9.59 Å². The summed E-state index contributed by atoms with van der Waals surface area (Å²) in [5.74, 6) is -0.320. The highest BCUT2D eigenvalue weighted by Crippen LogP contribution is 2.11. The molecule has 0 aliphatic carbocycles. The van der Waals surface area contributed by atoms with E-state index in [-0.39, 0.29) is 12.5 Å². The van der Waals surface area contributed by atoms with Crippen LogP contribution in [0.2, 0.25) is 5.02 Å². The molecule has 1 N–H and O–H groups in total. The number of carbonyl (C=O) groups excluding carboxylic acids is 2. The SMILES string of the molecule is COC(=O)N[C@H](CC(C)C)C(=O)OCc1cc(Cl)ccn1. The fraction of sp³-hybridized carbons (Fsp3) is 0.500. The molecule has 1 heterocycles. The number of carbonyl (C=O) groups is 2. The number of amides is 1. The molecule has 0 saturated carbocycles. The summed E-state index contributed by atoms with van der Waals surface area (Å²) < 4.78 is 9.66. The predicted octanol–water partition coefficient (Wildman–Crippen LogP) is 2.55. The molecule has 0 spiro atoms. The van der Waals surface area contributed by atoms with E-state index in [0.717, 1.165) is 0 Å². The second-order valence-corrected chi connectivity index (χ2v) is 5.33. The average Bonchev–Trinajstić information content (AvgIpc) is 2.43. The minimum absolute atomic E-state index is 0.00313. The molecule has 7 heteroatoms. The van der Waals surface area contributed by atoms with Crippen molar-refractivity contribution in [2.45, 2.75) is 32.9 Å². The number of aromatic nitrogens is 1. The Balaban J connectivity index is 2.61. The molecule has 0 fully saturated rings. The van der Waals surface area contributed by atoms with E-state index in [1.54, 1.807) is 12.1 Å². The van der Waals surface area contributed by atoms with Crippen LogP contribution in [0.3, 0.4) is 0 Å². The number of nitrogens with one attached hydrogen (secondary N) is 1. The van der Waals surface area contributed by atoms with Crippen molar-refractivity contribution in [3.8, 4) is 0 Å². The van der Waals surface area contributed by atoms with Gasteiger partial charge in [-0.05, 0) is 24.5 Å². The van der Waals surface area contributed by atoms with Crippen molar-refractivity contribution in [2.24, 2.45) is 5.92 Å². The number of esters is 1. The zero-order chi connectivity index (χ0) is 15.8. The minimum Gasteiger partial charge on any atom is -0.458 e. The summed E-state index contributed by atoms with van der Waals surface area (Å²) in [5.41, 5.74) is 0.539. The number of nitrogens with zero attached hydrogens (tertiary/aromatic N) is 1. The molecule has 0 unspecified atom stereocenters. The Labute approximate surface area is 128 Å². The second-order valence-electron chi connectivity index (χ2n) is 4.89. The van der Waals surface area contributed by atoms with E-state index >= 15 is 0 Å².